The zero-order chi connectivity index (χ0) is 13.0. The fourth-order valence-corrected chi connectivity index (χ4v) is 1.77. The van der Waals surface area contributed by atoms with Gasteiger partial charge in [0.2, 0.25) is 0 Å². The molecule has 1 N–H and O–H groups in total. The van der Waals surface area contributed by atoms with Gasteiger partial charge in [-0.1, -0.05) is 19.9 Å². The Balaban J connectivity index is 1.97. The van der Waals surface area contributed by atoms with Gasteiger partial charge in [0.1, 0.15) is 17.2 Å². The zero-order valence-electron chi connectivity index (χ0n) is 10.7. The molecule has 0 saturated heterocycles. The van der Waals surface area contributed by atoms with Crippen LogP contribution < -0.4 is 5.32 Å². The van der Waals surface area contributed by atoms with Gasteiger partial charge < -0.3 is 9.73 Å². The molecule has 0 amide bonds. The van der Waals surface area contributed by atoms with Gasteiger partial charge in [-0.15, -0.1) is 0 Å². The van der Waals surface area contributed by atoms with Crippen molar-refractivity contribution in [1.82, 2.24) is 5.32 Å². The van der Waals surface area contributed by atoms with E-state index in [0.717, 1.165) is 29.7 Å². The maximum absolute atomic E-state index is 13.0. The van der Waals surface area contributed by atoms with Crippen LogP contribution in [0.25, 0.3) is 17.0 Å². The quantitative estimate of drug-likeness (QED) is 0.809. The highest BCUT2D eigenvalue weighted by Gasteiger charge is 2.01. The molecule has 1 heterocycles. The van der Waals surface area contributed by atoms with E-state index in [-0.39, 0.29) is 5.82 Å². The number of hydrogen-bond acceptors (Lipinski definition) is 2. The molecule has 2 rings (SSSR count). The molecular formula is C15H18FNO. The van der Waals surface area contributed by atoms with Gasteiger partial charge in [0, 0.05) is 11.4 Å². The van der Waals surface area contributed by atoms with Gasteiger partial charge in [-0.25, -0.2) is 4.39 Å². The molecule has 3 heteroatoms. The number of rotatable bonds is 5. The summed E-state index contributed by atoms with van der Waals surface area (Å²) in [6, 6.07) is 6.91. The standard InChI is InChI=1S/C15H18FNO/c1-11(2)17-8-4-3-5-14-10-12-9-13(16)6-7-15(12)18-14/h3,5-7,9-11,17H,4,8H2,1-2H3/b5-3+. The fraction of sp³-hybridized carbons (Fsp3) is 0.333. The minimum absolute atomic E-state index is 0.236. The van der Waals surface area contributed by atoms with Crippen molar-refractivity contribution in [2.75, 3.05) is 6.54 Å². The summed E-state index contributed by atoms with van der Waals surface area (Å²) < 4.78 is 18.6. The van der Waals surface area contributed by atoms with E-state index >= 15 is 0 Å². The van der Waals surface area contributed by atoms with Gasteiger partial charge in [-0.2, -0.15) is 0 Å². The van der Waals surface area contributed by atoms with E-state index < -0.39 is 0 Å². The molecule has 0 unspecified atom stereocenters. The molecule has 0 aliphatic carbocycles. The van der Waals surface area contributed by atoms with E-state index in [2.05, 4.69) is 25.2 Å². The van der Waals surface area contributed by atoms with Crippen molar-refractivity contribution in [3.63, 3.8) is 0 Å². The van der Waals surface area contributed by atoms with Crippen molar-refractivity contribution in [2.24, 2.45) is 0 Å². The average molecular weight is 247 g/mol. The first-order valence-corrected chi connectivity index (χ1v) is 6.24. The molecular weight excluding hydrogens is 229 g/mol. The van der Waals surface area contributed by atoms with Crippen LogP contribution in [0.15, 0.2) is 34.8 Å². The van der Waals surface area contributed by atoms with E-state index in [1.165, 1.54) is 12.1 Å². The third-order valence-electron chi connectivity index (χ3n) is 2.64. The molecule has 0 fully saturated rings. The lowest BCUT2D eigenvalue weighted by Crippen LogP contribution is -2.23. The third kappa shape index (κ3) is 3.44. The summed E-state index contributed by atoms with van der Waals surface area (Å²) in [6.45, 7) is 5.19. The molecule has 1 aromatic heterocycles. The molecule has 0 aliphatic heterocycles. The molecule has 0 spiro atoms. The highest BCUT2D eigenvalue weighted by Crippen LogP contribution is 2.21. The van der Waals surface area contributed by atoms with Gasteiger partial charge in [0.25, 0.3) is 0 Å². The Hall–Kier alpha value is -1.61. The van der Waals surface area contributed by atoms with Crippen LogP contribution in [0.3, 0.4) is 0 Å². The predicted molar refractivity (Wildman–Crippen MR) is 73.0 cm³/mol. The highest BCUT2D eigenvalue weighted by molar-refractivity contribution is 5.79. The second kappa shape index (κ2) is 5.83. The second-order valence-electron chi connectivity index (χ2n) is 4.63. The van der Waals surface area contributed by atoms with Crippen molar-refractivity contribution in [3.8, 4) is 0 Å². The van der Waals surface area contributed by atoms with Gasteiger partial charge in [-0.3, -0.25) is 0 Å². The fourth-order valence-electron chi connectivity index (χ4n) is 1.77. The monoisotopic (exact) mass is 247 g/mol. The van der Waals surface area contributed by atoms with Crippen molar-refractivity contribution in [3.05, 3.63) is 41.9 Å². The summed E-state index contributed by atoms with van der Waals surface area (Å²) in [5.74, 6) is 0.528. The summed E-state index contributed by atoms with van der Waals surface area (Å²) >= 11 is 0. The predicted octanol–water partition coefficient (Wildman–Crippen LogP) is 3.97. The Labute approximate surface area is 106 Å². The lowest BCUT2D eigenvalue weighted by molar-refractivity contribution is 0.592. The normalized spacial score (nSPS) is 12.0. The van der Waals surface area contributed by atoms with E-state index in [4.69, 9.17) is 4.42 Å². The van der Waals surface area contributed by atoms with Gasteiger partial charge in [0.05, 0.1) is 0 Å². The van der Waals surface area contributed by atoms with Crippen molar-refractivity contribution >= 4 is 17.0 Å². The zero-order valence-corrected chi connectivity index (χ0v) is 10.7. The number of nitrogens with one attached hydrogen (secondary N) is 1. The topological polar surface area (TPSA) is 25.2 Å². The van der Waals surface area contributed by atoms with Crippen LogP contribution in [0.4, 0.5) is 4.39 Å². The molecule has 0 saturated carbocycles. The lowest BCUT2D eigenvalue weighted by Gasteiger charge is -2.04. The van der Waals surface area contributed by atoms with Gasteiger partial charge in [-0.05, 0) is 43.3 Å². The van der Waals surface area contributed by atoms with E-state index in [9.17, 15) is 4.39 Å². The molecule has 2 aromatic rings. The number of furan rings is 1. The molecule has 96 valence electrons. The highest BCUT2D eigenvalue weighted by atomic mass is 19.1. The van der Waals surface area contributed by atoms with Crippen molar-refractivity contribution < 1.29 is 8.81 Å². The molecule has 2 nitrogen and oxygen atoms in total. The van der Waals surface area contributed by atoms with Crippen molar-refractivity contribution in [1.29, 1.82) is 0 Å². The Morgan fingerprint density at radius 2 is 2.17 bits per heavy atom. The lowest BCUT2D eigenvalue weighted by atomic mass is 10.2. The first kappa shape index (κ1) is 12.8. The van der Waals surface area contributed by atoms with Crippen LogP contribution in [-0.4, -0.2) is 12.6 Å². The molecule has 1 aromatic carbocycles. The molecule has 0 atom stereocenters. The van der Waals surface area contributed by atoms with E-state index in [1.807, 2.05) is 12.1 Å². The maximum Gasteiger partial charge on any atom is 0.134 e. The summed E-state index contributed by atoms with van der Waals surface area (Å²) in [5, 5.41) is 4.14. The average Bonchev–Trinajstić information content (AvgIpc) is 2.70. The first-order chi connectivity index (χ1) is 8.65. The minimum Gasteiger partial charge on any atom is -0.457 e. The molecule has 18 heavy (non-hydrogen) atoms. The Morgan fingerprint density at radius 3 is 2.94 bits per heavy atom. The molecule has 0 bridgehead atoms. The molecule has 0 aliphatic rings. The van der Waals surface area contributed by atoms with Gasteiger partial charge >= 0.3 is 0 Å². The Morgan fingerprint density at radius 1 is 1.33 bits per heavy atom. The minimum atomic E-state index is -0.236. The van der Waals surface area contributed by atoms with Crippen LogP contribution in [0.5, 0.6) is 0 Å². The number of hydrogen-bond donors (Lipinski definition) is 1. The number of benzene rings is 1. The number of halogens is 1. The van der Waals surface area contributed by atoms with Crippen molar-refractivity contribution in [2.45, 2.75) is 26.3 Å². The van der Waals surface area contributed by atoms with E-state index in [0.29, 0.717) is 6.04 Å². The number of fused-ring (bicyclic) bond motifs is 1. The largest absolute Gasteiger partial charge is 0.457 e. The van der Waals surface area contributed by atoms with Crippen LogP contribution in [0.1, 0.15) is 26.0 Å². The summed E-state index contributed by atoms with van der Waals surface area (Å²) in [5.41, 5.74) is 0.719. The summed E-state index contributed by atoms with van der Waals surface area (Å²) in [4.78, 5) is 0. The second-order valence-corrected chi connectivity index (χ2v) is 4.63. The molecule has 0 radical (unpaired) electrons. The maximum atomic E-state index is 13.0. The van der Waals surface area contributed by atoms with Gasteiger partial charge in [0.15, 0.2) is 0 Å². The van der Waals surface area contributed by atoms with Crippen LogP contribution in [-0.2, 0) is 0 Å². The smallest absolute Gasteiger partial charge is 0.134 e. The SMILES string of the molecule is CC(C)NCC/C=C/c1cc2cc(F)ccc2o1. The first-order valence-electron chi connectivity index (χ1n) is 6.24. The Kier molecular flexibility index (Phi) is 4.15. The summed E-state index contributed by atoms with van der Waals surface area (Å²) in [6.07, 6.45) is 4.94. The Bertz CT molecular complexity index is 542. The van der Waals surface area contributed by atoms with E-state index in [1.54, 1.807) is 6.07 Å². The van der Waals surface area contributed by atoms with Crippen LogP contribution >= 0.6 is 0 Å². The van der Waals surface area contributed by atoms with Crippen LogP contribution in [0.2, 0.25) is 0 Å². The third-order valence-corrected chi connectivity index (χ3v) is 2.64. The van der Waals surface area contributed by atoms with Crippen LogP contribution in [0, 0.1) is 5.82 Å². The summed E-state index contributed by atoms with van der Waals surface area (Å²) in [7, 11) is 0.